The molecule has 4 rings (SSSR count). The number of sulfonamides is 1. The lowest BCUT2D eigenvalue weighted by atomic mass is 9.97. The van der Waals surface area contributed by atoms with Gasteiger partial charge in [-0.15, -0.1) is 0 Å². The van der Waals surface area contributed by atoms with Crippen molar-refractivity contribution in [3.05, 3.63) is 47.8 Å². The van der Waals surface area contributed by atoms with Gasteiger partial charge >= 0.3 is 0 Å². The zero-order chi connectivity index (χ0) is 23.8. The highest BCUT2D eigenvalue weighted by Crippen LogP contribution is 2.36. The number of rotatable bonds is 5. The Morgan fingerprint density at radius 3 is 2.52 bits per heavy atom. The number of hydrogen-bond donors (Lipinski definition) is 2. The third-order valence-electron chi connectivity index (χ3n) is 6.02. The zero-order valence-corrected chi connectivity index (χ0v) is 19.2. The number of carbonyl (C=O) groups excluding carboxylic acids is 2. The van der Waals surface area contributed by atoms with Crippen LogP contribution < -0.4 is 15.4 Å². The van der Waals surface area contributed by atoms with Gasteiger partial charge in [-0.3, -0.25) is 9.59 Å². The van der Waals surface area contributed by atoms with E-state index in [9.17, 15) is 22.4 Å². The fraction of sp³-hybridized carbons (Fsp3) is 0.391. The van der Waals surface area contributed by atoms with Gasteiger partial charge in [-0.2, -0.15) is 4.31 Å². The fourth-order valence-corrected chi connectivity index (χ4v) is 5.80. The Balaban J connectivity index is 1.45. The first-order chi connectivity index (χ1) is 15.7. The van der Waals surface area contributed by atoms with Crippen LogP contribution in [0.5, 0.6) is 5.75 Å². The van der Waals surface area contributed by atoms with Crippen LogP contribution in [0.1, 0.15) is 31.7 Å². The number of aryl methyl sites for hydroxylation is 1. The molecule has 2 amide bonds. The van der Waals surface area contributed by atoms with Gasteiger partial charge in [0.05, 0.1) is 10.6 Å². The van der Waals surface area contributed by atoms with E-state index in [0.29, 0.717) is 42.0 Å². The van der Waals surface area contributed by atoms with Crippen LogP contribution in [0.25, 0.3) is 0 Å². The normalized spacial score (nSPS) is 19.4. The molecule has 2 aromatic carbocycles. The van der Waals surface area contributed by atoms with Gasteiger partial charge in [0.15, 0.2) is 6.10 Å². The van der Waals surface area contributed by atoms with Gasteiger partial charge in [0.1, 0.15) is 11.6 Å². The van der Waals surface area contributed by atoms with E-state index in [1.165, 1.54) is 34.6 Å². The van der Waals surface area contributed by atoms with Crippen molar-refractivity contribution in [2.24, 2.45) is 5.92 Å². The number of nitrogens with zero attached hydrogens (tertiary/aromatic N) is 1. The molecule has 0 aromatic heterocycles. The van der Waals surface area contributed by atoms with Gasteiger partial charge in [0.25, 0.3) is 5.91 Å². The van der Waals surface area contributed by atoms with E-state index in [2.05, 4.69) is 10.6 Å². The molecule has 1 atom stereocenters. The van der Waals surface area contributed by atoms with Crippen LogP contribution in [0.15, 0.2) is 41.3 Å². The second-order valence-corrected chi connectivity index (χ2v) is 10.2. The minimum absolute atomic E-state index is 0.126. The summed E-state index contributed by atoms with van der Waals surface area (Å²) in [6.45, 7) is 3.90. The van der Waals surface area contributed by atoms with Crippen molar-refractivity contribution in [1.82, 2.24) is 4.31 Å². The Hall–Kier alpha value is -2.98. The van der Waals surface area contributed by atoms with Crippen LogP contribution in [-0.4, -0.2) is 43.7 Å². The fourth-order valence-electron chi connectivity index (χ4n) is 4.11. The Morgan fingerprint density at radius 2 is 1.88 bits per heavy atom. The molecule has 0 aliphatic carbocycles. The van der Waals surface area contributed by atoms with Crippen LogP contribution >= 0.6 is 0 Å². The summed E-state index contributed by atoms with van der Waals surface area (Å²) in [5, 5.41) is 5.52. The largest absolute Gasteiger partial charge is 0.478 e. The Labute approximate surface area is 192 Å². The van der Waals surface area contributed by atoms with Crippen LogP contribution in [-0.2, 0) is 19.6 Å². The van der Waals surface area contributed by atoms with E-state index >= 15 is 0 Å². The molecule has 2 N–H and O–H groups in total. The second kappa shape index (κ2) is 9.11. The molecule has 2 aromatic rings. The maximum atomic E-state index is 13.4. The van der Waals surface area contributed by atoms with Crippen molar-refractivity contribution < 1.29 is 27.1 Å². The van der Waals surface area contributed by atoms with Crippen molar-refractivity contribution >= 4 is 33.2 Å². The average Bonchev–Trinajstić information content (AvgIpc) is 2.79. The number of piperidine rings is 1. The monoisotopic (exact) mass is 475 g/mol. The number of anilines is 2. The molecule has 0 bridgehead atoms. The Bertz CT molecular complexity index is 1180. The Morgan fingerprint density at radius 1 is 1.21 bits per heavy atom. The van der Waals surface area contributed by atoms with Crippen molar-refractivity contribution in [3.8, 4) is 5.75 Å². The van der Waals surface area contributed by atoms with Crippen LogP contribution in [0.2, 0.25) is 0 Å². The molecule has 0 spiro atoms. The molecule has 0 unspecified atom stereocenters. The molecule has 2 aliphatic heterocycles. The molecule has 2 heterocycles. The molecule has 33 heavy (non-hydrogen) atoms. The molecular weight excluding hydrogens is 449 g/mol. The molecule has 1 fully saturated rings. The first-order valence-electron chi connectivity index (χ1n) is 10.9. The maximum absolute atomic E-state index is 13.4. The van der Waals surface area contributed by atoms with Gasteiger partial charge < -0.3 is 15.4 Å². The number of fused-ring (bicyclic) bond motifs is 1. The van der Waals surface area contributed by atoms with Crippen LogP contribution in [0, 0.1) is 18.7 Å². The quantitative estimate of drug-likeness (QED) is 0.691. The molecule has 8 nitrogen and oxygen atoms in total. The number of ether oxygens (including phenoxy) is 1. The highest BCUT2D eigenvalue weighted by Gasteiger charge is 2.35. The van der Waals surface area contributed by atoms with E-state index in [-0.39, 0.29) is 41.5 Å². The SMILES string of the molecule is CC[C@@H]1Oc2cc(S(=O)(=O)N3CCC(C(=O)Nc4ccc(F)cc4)CC3)c(C)cc2NC1=O. The molecule has 0 saturated carbocycles. The molecule has 176 valence electrons. The molecule has 10 heteroatoms. The van der Waals surface area contributed by atoms with Crippen molar-refractivity contribution in [1.29, 1.82) is 0 Å². The van der Waals surface area contributed by atoms with E-state index in [4.69, 9.17) is 4.74 Å². The summed E-state index contributed by atoms with van der Waals surface area (Å²) in [7, 11) is -3.81. The zero-order valence-electron chi connectivity index (χ0n) is 18.4. The van der Waals surface area contributed by atoms with Crippen molar-refractivity contribution in [2.45, 2.75) is 44.1 Å². The first kappa shape index (κ1) is 23.2. The van der Waals surface area contributed by atoms with Gasteiger partial charge in [0, 0.05) is 30.8 Å². The van der Waals surface area contributed by atoms with Crippen LogP contribution in [0.3, 0.4) is 0 Å². The highest BCUT2D eigenvalue weighted by molar-refractivity contribution is 7.89. The van der Waals surface area contributed by atoms with E-state index in [0.717, 1.165) is 0 Å². The number of benzene rings is 2. The summed E-state index contributed by atoms with van der Waals surface area (Å²) in [4.78, 5) is 24.7. The summed E-state index contributed by atoms with van der Waals surface area (Å²) in [6.07, 6.45) is 0.557. The lowest BCUT2D eigenvalue weighted by Gasteiger charge is -2.32. The predicted octanol–water partition coefficient (Wildman–Crippen LogP) is 3.28. The van der Waals surface area contributed by atoms with Crippen molar-refractivity contribution in [2.75, 3.05) is 23.7 Å². The average molecular weight is 476 g/mol. The number of nitrogens with one attached hydrogen (secondary N) is 2. The van der Waals surface area contributed by atoms with E-state index in [1.807, 2.05) is 6.92 Å². The standard InChI is InChI=1S/C23H26FN3O5S/c1-3-19-23(29)26-18-12-14(2)21(13-20(18)32-19)33(30,31)27-10-8-15(9-11-27)22(28)25-17-6-4-16(24)5-7-17/h4-7,12-13,15,19H,3,8-11H2,1-2H3,(H,25,28)(H,26,29)/t19-/m0/s1. The van der Waals surface area contributed by atoms with Gasteiger partial charge in [-0.1, -0.05) is 6.92 Å². The van der Waals surface area contributed by atoms with Gasteiger partial charge in [-0.25, -0.2) is 12.8 Å². The minimum atomic E-state index is -3.81. The van der Waals surface area contributed by atoms with E-state index < -0.39 is 16.1 Å². The van der Waals surface area contributed by atoms with E-state index in [1.54, 1.807) is 13.0 Å². The molecule has 2 aliphatic rings. The smallest absolute Gasteiger partial charge is 0.265 e. The number of carbonyl (C=O) groups is 2. The lowest BCUT2D eigenvalue weighted by molar-refractivity contribution is -0.123. The number of halogens is 1. The third-order valence-corrected chi connectivity index (χ3v) is 8.06. The summed E-state index contributed by atoms with van der Waals surface area (Å²) in [5.41, 5.74) is 1.46. The van der Waals surface area contributed by atoms with Crippen molar-refractivity contribution in [3.63, 3.8) is 0 Å². The lowest BCUT2D eigenvalue weighted by Crippen LogP contribution is -2.41. The number of hydrogen-bond acceptors (Lipinski definition) is 5. The third kappa shape index (κ3) is 4.72. The molecular formula is C23H26FN3O5S. The van der Waals surface area contributed by atoms with Crippen LogP contribution in [0.4, 0.5) is 15.8 Å². The summed E-state index contributed by atoms with van der Waals surface area (Å²) < 4.78 is 46.8. The predicted molar refractivity (Wildman–Crippen MR) is 121 cm³/mol. The minimum Gasteiger partial charge on any atom is -0.478 e. The second-order valence-electron chi connectivity index (χ2n) is 8.29. The first-order valence-corrected chi connectivity index (χ1v) is 12.3. The maximum Gasteiger partial charge on any atom is 0.265 e. The van der Waals surface area contributed by atoms with Gasteiger partial charge in [-0.05, 0) is 62.1 Å². The molecule has 1 saturated heterocycles. The summed E-state index contributed by atoms with van der Waals surface area (Å²) in [5.74, 6) is -0.851. The topological polar surface area (TPSA) is 105 Å². The summed E-state index contributed by atoms with van der Waals surface area (Å²) in [6, 6.07) is 8.58. The molecule has 0 radical (unpaired) electrons. The number of amides is 2. The van der Waals surface area contributed by atoms with Gasteiger partial charge in [0.2, 0.25) is 15.9 Å². The summed E-state index contributed by atoms with van der Waals surface area (Å²) >= 11 is 0. The highest BCUT2D eigenvalue weighted by atomic mass is 32.2. The Kier molecular flexibility index (Phi) is 6.40.